The lowest BCUT2D eigenvalue weighted by Crippen LogP contribution is -2.52. The number of hydrogen-bond donors (Lipinski definition) is 3. The number of carbonyl (C=O) groups is 2. The molecule has 2 amide bonds. The average molecular weight is 325 g/mol. The average Bonchev–Trinajstić information content (AvgIpc) is 2.30. The van der Waals surface area contributed by atoms with E-state index in [9.17, 15) is 27.9 Å². The number of rotatable bonds is 3. The molecule has 1 aromatic carbocycles. The fourth-order valence-electron chi connectivity index (χ4n) is 1.27. The van der Waals surface area contributed by atoms with E-state index in [-0.39, 0.29) is 16.6 Å². The molecule has 0 bridgehead atoms. The highest BCUT2D eigenvalue weighted by atomic mass is 35.5. The van der Waals surface area contributed by atoms with Crippen LogP contribution in [0.15, 0.2) is 18.2 Å². The van der Waals surface area contributed by atoms with Crippen molar-refractivity contribution in [2.75, 3.05) is 10.6 Å². The molecule has 3 N–H and O–H groups in total. The summed E-state index contributed by atoms with van der Waals surface area (Å²) in [5.74, 6) is -2.02. The molecule has 0 saturated heterocycles. The Morgan fingerprint density at radius 2 is 1.81 bits per heavy atom. The molecule has 0 saturated carbocycles. The van der Waals surface area contributed by atoms with Crippen LogP contribution in [0.4, 0.5) is 24.5 Å². The van der Waals surface area contributed by atoms with Gasteiger partial charge in [-0.05, 0) is 25.1 Å². The highest BCUT2D eigenvalue weighted by Gasteiger charge is 2.55. The zero-order chi connectivity index (χ0) is 16.4. The van der Waals surface area contributed by atoms with Crippen LogP contribution in [-0.4, -0.2) is 28.7 Å². The first-order valence-corrected chi connectivity index (χ1v) is 6.00. The minimum absolute atomic E-state index is 0.0902. The summed E-state index contributed by atoms with van der Waals surface area (Å²) >= 11 is 5.79. The Morgan fingerprint density at radius 3 is 2.24 bits per heavy atom. The first kappa shape index (κ1) is 17.3. The van der Waals surface area contributed by atoms with Gasteiger partial charge < -0.3 is 15.7 Å². The summed E-state index contributed by atoms with van der Waals surface area (Å²) < 4.78 is 37.5. The van der Waals surface area contributed by atoms with Crippen LogP contribution in [0.5, 0.6) is 0 Å². The predicted molar refractivity (Wildman–Crippen MR) is 71.1 cm³/mol. The van der Waals surface area contributed by atoms with Gasteiger partial charge in [-0.15, -0.1) is 0 Å². The van der Waals surface area contributed by atoms with Gasteiger partial charge in [0.15, 0.2) is 0 Å². The fourth-order valence-corrected chi connectivity index (χ4v) is 1.50. The molecule has 1 atom stereocenters. The molecule has 1 rings (SSSR count). The molecule has 0 aromatic heterocycles. The third kappa shape index (κ3) is 4.08. The van der Waals surface area contributed by atoms with Crippen LogP contribution in [0.3, 0.4) is 0 Å². The smallest absolute Gasteiger partial charge is 0.373 e. The summed E-state index contributed by atoms with van der Waals surface area (Å²) in [6, 6.07) is 3.80. The minimum Gasteiger partial charge on any atom is -0.373 e. The lowest BCUT2D eigenvalue weighted by atomic mass is 10.1. The molecule has 116 valence electrons. The van der Waals surface area contributed by atoms with Crippen molar-refractivity contribution < 1.29 is 27.9 Å². The minimum atomic E-state index is -5.13. The molecular weight excluding hydrogens is 313 g/mol. The van der Waals surface area contributed by atoms with Crippen molar-refractivity contribution in [2.45, 2.75) is 25.6 Å². The van der Waals surface area contributed by atoms with Gasteiger partial charge in [0.05, 0.1) is 10.7 Å². The van der Waals surface area contributed by atoms with Crippen molar-refractivity contribution in [3.05, 3.63) is 23.2 Å². The van der Waals surface area contributed by atoms with Gasteiger partial charge in [-0.1, -0.05) is 11.6 Å². The van der Waals surface area contributed by atoms with Gasteiger partial charge in [-0.25, -0.2) is 0 Å². The number of anilines is 2. The van der Waals surface area contributed by atoms with Crippen LogP contribution in [0.25, 0.3) is 0 Å². The normalized spacial score (nSPS) is 14.2. The van der Waals surface area contributed by atoms with Crippen molar-refractivity contribution in [1.29, 1.82) is 0 Å². The van der Waals surface area contributed by atoms with Crippen LogP contribution < -0.4 is 10.6 Å². The van der Waals surface area contributed by atoms with E-state index in [0.29, 0.717) is 12.6 Å². The zero-order valence-electron chi connectivity index (χ0n) is 11.0. The van der Waals surface area contributed by atoms with Crippen LogP contribution in [-0.2, 0) is 9.59 Å². The quantitative estimate of drug-likeness (QED) is 0.799. The van der Waals surface area contributed by atoms with E-state index < -0.39 is 17.7 Å². The molecule has 0 aliphatic carbocycles. The number of amides is 2. The van der Waals surface area contributed by atoms with Gasteiger partial charge in [0.2, 0.25) is 11.5 Å². The highest BCUT2D eigenvalue weighted by Crippen LogP contribution is 2.32. The molecule has 0 heterocycles. The Morgan fingerprint density at radius 1 is 1.24 bits per heavy atom. The van der Waals surface area contributed by atoms with Crippen LogP contribution in [0.1, 0.15) is 13.8 Å². The Bertz CT molecular complexity index is 573. The van der Waals surface area contributed by atoms with Crippen molar-refractivity contribution in [2.24, 2.45) is 0 Å². The summed E-state index contributed by atoms with van der Waals surface area (Å²) in [6.07, 6.45) is -5.13. The Hall–Kier alpha value is -1.80. The van der Waals surface area contributed by atoms with Crippen molar-refractivity contribution in [1.82, 2.24) is 0 Å². The summed E-state index contributed by atoms with van der Waals surface area (Å²) in [5, 5.41) is 13.4. The number of carbonyl (C=O) groups excluding carboxylic acids is 2. The number of halogens is 4. The number of hydrogen-bond acceptors (Lipinski definition) is 3. The SMILES string of the molecule is CC(=O)Nc1ccc(NC(=O)[C@@](C)(O)C(F)(F)F)c(Cl)c1. The molecule has 5 nitrogen and oxygen atoms in total. The van der Waals surface area contributed by atoms with E-state index in [1.54, 1.807) is 0 Å². The van der Waals surface area contributed by atoms with E-state index in [2.05, 4.69) is 5.32 Å². The maximum absolute atomic E-state index is 12.5. The summed E-state index contributed by atoms with van der Waals surface area (Å²) in [4.78, 5) is 22.3. The van der Waals surface area contributed by atoms with Crippen molar-refractivity contribution >= 4 is 34.8 Å². The third-order valence-electron chi connectivity index (χ3n) is 2.53. The third-order valence-corrected chi connectivity index (χ3v) is 2.84. The largest absolute Gasteiger partial charge is 0.426 e. The second kappa shape index (κ2) is 5.90. The number of benzene rings is 1. The number of alkyl halides is 3. The Labute approximate surface area is 123 Å². The summed E-state index contributed by atoms with van der Waals surface area (Å²) in [5.41, 5.74) is -3.36. The van der Waals surface area contributed by atoms with Crippen LogP contribution in [0.2, 0.25) is 5.02 Å². The lowest BCUT2D eigenvalue weighted by molar-refractivity contribution is -0.242. The molecular formula is C12H12ClF3N2O3. The molecule has 21 heavy (non-hydrogen) atoms. The molecule has 1 aromatic rings. The van der Waals surface area contributed by atoms with E-state index in [1.165, 1.54) is 25.1 Å². The van der Waals surface area contributed by atoms with Gasteiger partial charge in [0.25, 0.3) is 5.91 Å². The number of aliphatic hydroxyl groups is 1. The van der Waals surface area contributed by atoms with Crippen LogP contribution in [0, 0.1) is 0 Å². The second-order valence-electron chi connectivity index (χ2n) is 4.40. The maximum atomic E-state index is 12.5. The van der Waals surface area contributed by atoms with E-state index >= 15 is 0 Å². The predicted octanol–water partition coefficient (Wildman–Crippen LogP) is 2.55. The van der Waals surface area contributed by atoms with Gasteiger partial charge in [0.1, 0.15) is 0 Å². The first-order valence-electron chi connectivity index (χ1n) is 5.63. The van der Waals surface area contributed by atoms with E-state index in [0.717, 1.165) is 0 Å². The fraction of sp³-hybridized carbons (Fsp3) is 0.333. The standard InChI is InChI=1S/C12H12ClF3N2O3/c1-6(19)17-7-3-4-9(8(13)5-7)18-10(20)11(2,21)12(14,15)16/h3-5,21H,1-2H3,(H,17,19)(H,18,20)/t11-/m1/s1. The summed E-state index contributed by atoms with van der Waals surface area (Å²) in [7, 11) is 0. The van der Waals surface area contributed by atoms with Crippen molar-refractivity contribution in [3.63, 3.8) is 0 Å². The zero-order valence-corrected chi connectivity index (χ0v) is 11.8. The van der Waals surface area contributed by atoms with E-state index in [1.807, 2.05) is 5.32 Å². The van der Waals surface area contributed by atoms with Gasteiger partial charge in [0, 0.05) is 12.6 Å². The van der Waals surface area contributed by atoms with E-state index in [4.69, 9.17) is 11.6 Å². The van der Waals surface area contributed by atoms with Gasteiger partial charge in [-0.2, -0.15) is 13.2 Å². The first-order chi connectivity index (χ1) is 9.45. The lowest BCUT2D eigenvalue weighted by Gasteiger charge is -2.25. The topological polar surface area (TPSA) is 78.4 Å². The maximum Gasteiger partial charge on any atom is 0.426 e. The molecule has 9 heteroatoms. The molecule has 0 aliphatic heterocycles. The molecule has 0 spiro atoms. The van der Waals surface area contributed by atoms with Gasteiger partial charge in [-0.3, -0.25) is 9.59 Å². The Balaban J connectivity index is 2.94. The Kier molecular flexibility index (Phi) is 4.85. The summed E-state index contributed by atoms with van der Waals surface area (Å²) in [6.45, 7) is 1.60. The van der Waals surface area contributed by atoms with Crippen molar-refractivity contribution in [3.8, 4) is 0 Å². The molecule has 0 fully saturated rings. The second-order valence-corrected chi connectivity index (χ2v) is 4.81. The monoisotopic (exact) mass is 324 g/mol. The molecule has 0 unspecified atom stereocenters. The highest BCUT2D eigenvalue weighted by molar-refractivity contribution is 6.34. The molecule has 0 radical (unpaired) electrons. The van der Waals surface area contributed by atoms with Gasteiger partial charge >= 0.3 is 6.18 Å². The number of nitrogens with one attached hydrogen (secondary N) is 2. The molecule has 0 aliphatic rings. The van der Waals surface area contributed by atoms with Crippen LogP contribution >= 0.6 is 11.6 Å².